The molecule has 0 aliphatic heterocycles. The van der Waals surface area contributed by atoms with E-state index in [1.807, 2.05) is 13.1 Å². The summed E-state index contributed by atoms with van der Waals surface area (Å²) in [6.07, 6.45) is 4.41. The number of aromatic hydroxyl groups is 1. The van der Waals surface area contributed by atoms with Gasteiger partial charge in [0.1, 0.15) is 11.5 Å². The van der Waals surface area contributed by atoms with Crippen molar-refractivity contribution in [3.8, 4) is 11.5 Å². The highest BCUT2D eigenvalue weighted by Crippen LogP contribution is 2.30. The molecule has 0 fully saturated rings. The summed E-state index contributed by atoms with van der Waals surface area (Å²) in [5, 5.41) is 12.6. The van der Waals surface area contributed by atoms with E-state index in [0.29, 0.717) is 6.61 Å². The molecule has 0 bridgehead atoms. The minimum Gasteiger partial charge on any atom is -0.508 e. The standard InChI is InChI=1S/C17H25NO2/c1-6-18-12-13(2)15-11-14(19)7-8-16(15)20-10-9-17(3,4)5/h6-8,11-12,18-19H,1,9-10H2,2-5H3/b13-12+. The number of nitrogens with one attached hydrogen (secondary N) is 1. The Kier molecular flexibility index (Phi) is 5.68. The van der Waals surface area contributed by atoms with E-state index in [0.717, 1.165) is 23.3 Å². The zero-order valence-corrected chi connectivity index (χ0v) is 12.9. The summed E-state index contributed by atoms with van der Waals surface area (Å²) in [6, 6.07) is 5.16. The Balaban J connectivity index is 2.87. The van der Waals surface area contributed by atoms with Crippen LogP contribution in [0.5, 0.6) is 11.5 Å². The molecule has 0 spiro atoms. The lowest BCUT2D eigenvalue weighted by Crippen LogP contribution is -2.11. The Hall–Kier alpha value is -1.90. The van der Waals surface area contributed by atoms with Crippen LogP contribution in [0.4, 0.5) is 0 Å². The first kappa shape index (κ1) is 16.2. The molecule has 0 aromatic heterocycles. The molecule has 0 aliphatic carbocycles. The van der Waals surface area contributed by atoms with E-state index >= 15 is 0 Å². The fraction of sp³-hybridized carbons (Fsp3) is 0.412. The second-order valence-corrected chi connectivity index (χ2v) is 6.04. The second kappa shape index (κ2) is 7.04. The van der Waals surface area contributed by atoms with Gasteiger partial charge in [-0.05, 0) is 48.7 Å². The predicted octanol–water partition coefficient (Wildman–Crippen LogP) is 4.30. The van der Waals surface area contributed by atoms with E-state index in [1.165, 1.54) is 0 Å². The Morgan fingerprint density at radius 2 is 2.10 bits per heavy atom. The quantitative estimate of drug-likeness (QED) is 0.813. The fourth-order valence-electron chi connectivity index (χ4n) is 1.68. The third kappa shape index (κ3) is 5.39. The third-order valence-corrected chi connectivity index (χ3v) is 2.92. The Morgan fingerprint density at radius 1 is 1.40 bits per heavy atom. The first-order valence-electron chi connectivity index (χ1n) is 6.83. The molecule has 3 nitrogen and oxygen atoms in total. The van der Waals surface area contributed by atoms with Crippen molar-refractivity contribution >= 4 is 5.57 Å². The zero-order valence-electron chi connectivity index (χ0n) is 12.9. The van der Waals surface area contributed by atoms with Gasteiger partial charge in [-0.3, -0.25) is 0 Å². The van der Waals surface area contributed by atoms with Crippen molar-refractivity contribution in [3.63, 3.8) is 0 Å². The van der Waals surface area contributed by atoms with E-state index in [9.17, 15) is 5.11 Å². The number of hydrogen-bond donors (Lipinski definition) is 2. The third-order valence-electron chi connectivity index (χ3n) is 2.92. The fourth-order valence-corrected chi connectivity index (χ4v) is 1.68. The van der Waals surface area contributed by atoms with Crippen LogP contribution in [0.3, 0.4) is 0 Å². The SMILES string of the molecule is C=CN/C=C(\C)c1cc(O)ccc1OCCC(C)(C)C. The van der Waals surface area contributed by atoms with Gasteiger partial charge in [0, 0.05) is 11.8 Å². The topological polar surface area (TPSA) is 41.5 Å². The average Bonchev–Trinajstić information content (AvgIpc) is 2.36. The molecule has 110 valence electrons. The number of rotatable bonds is 6. The average molecular weight is 275 g/mol. The van der Waals surface area contributed by atoms with E-state index in [2.05, 4.69) is 32.7 Å². The summed E-state index contributed by atoms with van der Waals surface area (Å²) >= 11 is 0. The van der Waals surface area contributed by atoms with Crippen LogP contribution in [-0.2, 0) is 0 Å². The van der Waals surface area contributed by atoms with Crippen molar-refractivity contribution in [2.24, 2.45) is 5.41 Å². The summed E-state index contributed by atoms with van der Waals surface area (Å²) in [4.78, 5) is 0. The second-order valence-electron chi connectivity index (χ2n) is 6.04. The maximum absolute atomic E-state index is 9.64. The molecule has 1 rings (SSSR count). The summed E-state index contributed by atoms with van der Waals surface area (Å²) in [5.74, 6) is 1.01. The predicted molar refractivity (Wildman–Crippen MR) is 84.7 cm³/mol. The number of ether oxygens (including phenoxy) is 1. The highest BCUT2D eigenvalue weighted by Gasteiger charge is 2.12. The van der Waals surface area contributed by atoms with E-state index in [4.69, 9.17) is 4.74 Å². The maximum Gasteiger partial charge on any atom is 0.127 e. The van der Waals surface area contributed by atoms with Gasteiger partial charge in [-0.15, -0.1) is 0 Å². The van der Waals surface area contributed by atoms with Crippen LogP contribution in [0, 0.1) is 5.41 Å². The van der Waals surface area contributed by atoms with Crippen molar-refractivity contribution in [3.05, 3.63) is 42.7 Å². The summed E-state index contributed by atoms with van der Waals surface area (Å²) in [6.45, 7) is 12.8. The lowest BCUT2D eigenvalue weighted by atomic mass is 9.93. The molecular weight excluding hydrogens is 250 g/mol. The number of phenols is 1. The van der Waals surface area contributed by atoms with Crippen LogP contribution >= 0.6 is 0 Å². The monoisotopic (exact) mass is 275 g/mol. The zero-order chi connectivity index (χ0) is 15.2. The van der Waals surface area contributed by atoms with Gasteiger partial charge in [0.25, 0.3) is 0 Å². The minimum atomic E-state index is 0.231. The summed E-state index contributed by atoms with van der Waals surface area (Å²) in [7, 11) is 0. The molecule has 20 heavy (non-hydrogen) atoms. The minimum absolute atomic E-state index is 0.231. The molecule has 1 aromatic carbocycles. The van der Waals surface area contributed by atoms with E-state index < -0.39 is 0 Å². The highest BCUT2D eigenvalue weighted by atomic mass is 16.5. The van der Waals surface area contributed by atoms with E-state index in [1.54, 1.807) is 24.4 Å². The molecule has 0 radical (unpaired) electrons. The molecule has 2 N–H and O–H groups in total. The lowest BCUT2D eigenvalue weighted by molar-refractivity contribution is 0.242. The number of benzene rings is 1. The number of hydrogen-bond acceptors (Lipinski definition) is 3. The maximum atomic E-state index is 9.64. The molecule has 0 saturated carbocycles. The van der Waals surface area contributed by atoms with E-state index in [-0.39, 0.29) is 11.2 Å². The normalized spacial score (nSPS) is 12.1. The summed E-state index contributed by atoms with van der Waals surface area (Å²) < 4.78 is 5.86. The first-order valence-corrected chi connectivity index (χ1v) is 6.83. The van der Waals surface area contributed by atoms with Crippen molar-refractivity contribution in [1.29, 1.82) is 0 Å². The molecule has 0 amide bonds. The molecule has 0 atom stereocenters. The Bertz CT molecular complexity index is 484. The van der Waals surface area contributed by atoms with Crippen molar-refractivity contribution in [2.45, 2.75) is 34.1 Å². The van der Waals surface area contributed by atoms with Gasteiger partial charge in [0.15, 0.2) is 0 Å². The van der Waals surface area contributed by atoms with Crippen molar-refractivity contribution < 1.29 is 9.84 Å². The molecule has 0 unspecified atom stereocenters. The van der Waals surface area contributed by atoms with Crippen LogP contribution in [-0.4, -0.2) is 11.7 Å². The summed E-state index contributed by atoms with van der Waals surface area (Å²) in [5.41, 5.74) is 2.10. The highest BCUT2D eigenvalue weighted by molar-refractivity contribution is 5.70. The molecule has 0 heterocycles. The van der Waals surface area contributed by atoms with Gasteiger partial charge in [-0.25, -0.2) is 0 Å². The van der Waals surface area contributed by atoms with Gasteiger partial charge in [0.05, 0.1) is 6.61 Å². The number of phenolic OH excluding ortho intramolecular Hbond substituents is 1. The van der Waals surface area contributed by atoms with Crippen molar-refractivity contribution in [1.82, 2.24) is 5.32 Å². The Morgan fingerprint density at radius 3 is 2.70 bits per heavy atom. The number of allylic oxidation sites excluding steroid dienone is 1. The molecule has 0 saturated heterocycles. The lowest BCUT2D eigenvalue weighted by Gasteiger charge is -2.19. The van der Waals surface area contributed by atoms with Crippen LogP contribution in [0.15, 0.2) is 37.2 Å². The first-order chi connectivity index (χ1) is 9.33. The van der Waals surface area contributed by atoms with Crippen LogP contribution in [0.1, 0.15) is 39.7 Å². The van der Waals surface area contributed by atoms with Crippen LogP contribution in [0.2, 0.25) is 0 Å². The Labute approximate surface area is 122 Å². The van der Waals surface area contributed by atoms with Gasteiger partial charge < -0.3 is 15.2 Å². The molecular formula is C17H25NO2. The van der Waals surface area contributed by atoms with Gasteiger partial charge in [-0.1, -0.05) is 27.4 Å². The van der Waals surface area contributed by atoms with Gasteiger partial charge in [0.2, 0.25) is 0 Å². The molecule has 3 heteroatoms. The molecule has 1 aromatic rings. The van der Waals surface area contributed by atoms with Crippen LogP contribution in [0.25, 0.3) is 5.57 Å². The van der Waals surface area contributed by atoms with Crippen LogP contribution < -0.4 is 10.1 Å². The smallest absolute Gasteiger partial charge is 0.127 e. The largest absolute Gasteiger partial charge is 0.508 e. The van der Waals surface area contributed by atoms with Crippen molar-refractivity contribution in [2.75, 3.05) is 6.61 Å². The van der Waals surface area contributed by atoms with Gasteiger partial charge in [-0.2, -0.15) is 0 Å². The molecule has 0 aliphatic rings. The van der Waals surface area contributed by atoms with Gasteiger partial charge >= 0.3 is 0 Å².